The molecule has 0 spiro atoms. The van der Waals surface area contributed by atoms with Gasteiger partial charge in [0.2, 0.25) is 0 Å². The molecule has 0 aliphatic heterocycles. The molecule has 0 radical (unpaired) electrons. The third kappa shape index (κ3) is 4.48. The Morgan fingerprint density at radius 1 is 1.24 bits per heavy atom. The summed E-state index contributed by atoms with van der Waals surface area (Å²) in [6.07, 6.45) is 0.919. The van der Waals surface area contributed by atoms with Crippen molar-refractivity contribution >= 4 is 11.3 Å². The Bertz CT molecular complexity index is 540. The van der Waals surface area contributed by atoms with Crippen molar-refractivity contribution in [2.75, 3.05) is 20.3 Å². The largest absolute Gasteiger partial charge is 0.493 e. The van der Waals surface area contributed by atoms with Crippen LogP contribution in [0.25, 0.3) is 0 Å². The Hall–Kier alpha value is -1.52. The summed E-state index contributed by atoms with van der Waals surface area (Å²) >= 11 is 1.72. The van der Waals surface area contributed by atoms with E-state index in [1.54, 1.807) is 18.4 Å². The maximum absolute atomic E-state index is 5.86. The molecule has 21 heavy (non-hydrogen) atoms. The molecule has 0 aliphatic rings. The quantitative estimate of drug-likeness (QED) is 0.798. The van der Waals surface area contributed by atoms with Crippen molar-refractivity contribution < 1.29 is 9.47 Å². The van der Waals surface area contributed by atoms with Gasteiger partial charge < -0.3 is 14.8 Å². The molecule has 0 saturated heterocycles. The molecule has 1 aromatic carbocycles. The normalized spacial score (nSPS) is 12.1. The Morgan fingerprint density at radius 2 is 2.10 bits per heavy atom. The van der Waals surface area contributed by atoms with Crippen LogP contribution in [0.1, 0.15) is 31.0 Å². The topological polar surface area (TPSA) is 30.5 Å². The van der Waals surface area contributed by atoms with E-state index in [1.807, 2.05) is 12.1 Å². The predicted molar refractivity (Wildman–Crippen MR) is 88.6 cm³/mol. The van der Waals surface area contributed by atoms with Gasteiger partial charge in [0.25, 0.3) is 0 Å². The smallest absolute Gasteiger partial charge is 0.161 e. The average molecular weight is 305 g/mol. The van der Waals surface area contributed by atoms with Gasteiger partial charge in [0.15, 0.2) is 11.5 Å². The maximum atomic E-state index is 5.86. The second kappa shape index (κ2) is 8.05. The highest BCUT2D eigenvalue weighted by Crippen LogP contribution is 2.30. The summed E-state index contributed by atoms with van der Waals surface area (Å²) in [5.41, 5.74) is 2.52. The van der Waals surface area contributed by atoms with Crippen LogP contribution in [0.5, 0.6) is 11.5 Å². The summed E-state index contributed by atoms with van der Waals surface area (Å²) in [4.78, 5) is 0. The minimum absolute atomic E-state index is 0.309. The predicted octanol–water partition coefficient (Wildman–Crippen LogP) is 4.05. The van der Waals surface area contributed by atoms with Crippen LogP contribution in [0, 0.1) is 0 Å². The van der Waals surface area contributed by atoms with Gasteiger partial charge in [-0.3, -0.25) is 0 Å². The molecule has 2 rings (SSSR count). The zero-order valence-corrected chi connectivity index (χ0v) is 13.7. The van der Waals surface area contributed by atoms with E-state index in [-0.39, 0.29) is 0 Å². The van der Waals surface area contributed by atoms with Crippen molar-refractivity contribution in [2.45, 2.75) is 26.3 Å². The van der Waals surface area contributed by atoms with Gasteiger partial charge >= 0.3 is 0 Å². The zero-order chi connectivity index (χ0) is 15.1. The number of nitrogens with one attached hydrogen (secondary N) is 1. The molecular weight excluding hydrogens is 282 g/mol. The summed E-state index contributed by atoms with van der Waals surface area (Å²) < 4.78 is 11.3. The van der Waals surface area contributed by atoms with Crippen molar-refractivity contribution in [3.63, 3.8) is 0 Å². The Labute approximate surface area is 130 Å². The van der Waals surface area contributed by atoms with Crippen LogP contribution in [0.4, 0.5) is 0 Å². The maximum Gasteiger partial charge on any atom is 0.161 e. The summed E-state index contributed by atoms with van der Waals surface area (Å²) in [5, 5.41) is 7.64. The van der Waals surface area contributed by atoms with Gasteiger partial charge in [-0.05, 0) is 53.6 Å². The number of thiophene rings is 1. The van der Waals surface area contributed by atoms with Crippen LogP contribution in [0.3, 0.4) is 0 Å². The number of hydrogen-bond donors (Lipinski definition) is 1. The summed E-state index contributed by atoms with van der Waals surface area (Å²) in [7, 11) is 1.68. The minimum atomic E-state index is 0.309. The van der Waals surface area contributed by atoms with Crippen LogP contribution in [0.2, 0.25) is 0 Å². The van der Waals surface area contributed by atoms with Gasteiger partial charge in [-0.1, -0.05) is 13.0 Å². The zero-order valence-electron chi connectivity index (χ0n) is 12.9. The van der Waals surface area contributed by atoms with Crippen molar-refractivity contribution in [3.05, 3.63) is 46.2 Å². The van der Waals surface area contributed by atoms with Crippen molar-refractivity contribution in [1.29, 1.82) is 0 Å². The fourth-order valence-electron chi connectivity index (χ4n) is 2.21. The standard InChI is InChI=1S/C17H23NO2S/c1-4-18-13(2)15-5-6-16(17(11-15)19-3)20-9-7-14-8-10-21-12-14/h5-6,8,10-13,18H,4,7,9H2,1-3H3. The van der Waals surface area contributed by atoms with Crippen LogP contribution in [0.15, 0.2) is 35.0 Å². The van der Waals surface area contributed by atoms with Crippen LogP contribution >= 0.6 is 11.3 Å². The average Bonchev–Trinajstić information content (AvgIpc) is 3.01. The molecule has 1 atom stereocenters. The highest BCUT2D eigenvalue weighted by molar-refractivity contribution is 7.07. The van der Waals surface area contributed by atoms with E-state index < -0.39 is 0 Å². The minimum Gasteiger partial charge on any atom is -0.493 e. The molecule has 4 heteroatoms. The Morgan fingerprint density at radius 3 is 2.76 bits per heavy atom. The Kier molecular flexibility index (Phi) is 6.08. The second-order valence-electron chi connectivity index (χ2n) is 4.92. The monoisotopic (exact) mass is 305 g/mol. The van der Waals surface area contributed by atoms with Gasteiger partial charge in [0, 0.05) is 12.5 Å². The van der Waals surface area contributed by atoms with E-state index in [1.165, 1.54) is 11.1 Å². The van der Waals surface area contributed by atoms with Gasteiger partial charge in [0.1, 0.15) is 0 Å². The highest BCUT2D eigenvalue weighted by Gasteiger charge is 2.10. The summed E-state index contributed by atoms with van der Waals surface area (Å²) in [6.45, 7) is 5.86. The molecule has 0 amide bonds. The van der Waals surface area contributed by atoms with E-state index in [2.05, 4.69) is 42.1 Å². The van der Waals surface area contributed by atoms with Gasteiger partial charge in [-0.2, -0.15) is 11.3 Å². The lowest BCUT2D eigenvalue weighted by atomic mass is 10.1. The molecule has 0 aliphatic carbocycles. The third-order valence-corrected chi connectivity index (χ3v) is 4.16. The number of hydrogen-bond acceptors (Lipinski definition) is 4. The first kappa shape index (κ1) is 15.9. The molecule has 1 aromatic heterocycles. The van der Waals surface area contributed by atoms with E-state index in [0.717, 1.165) is 24.5 Å². The van der Waals surface area contributed by atoms with E-state index >= 15 is 0 Å². The molecule has 0 bridgehead atoms. The fraction of sp³-hybridized carbons (Fsp3) is 0.412. The number of ether oxygens (including phenoxy) is 2. The van der Waals surface area contributed by atoms with E-state index in [9.17, 15) is 0 Å². The first-order chi connectivity index (χ1) is 10.2. The molecule has 114 valence electrons. The fourth-order valence-corrected chi connectivity index (χ4v) is 2.91. The van der Waals surface area contributed by atoms with Crippen LogP contribution < -0.4 is 14.8 Å². The summed E-state index contributed by atoms with van der Waals surface area (Å²) in [6, 6.07) is 8.58. The molecule has 1 N–H and O–H groups in total. The third-order valence-electron chi connectivity index (χ3n) is 3.43. The van der Waals surface area contributed by atoms with E-state index in [0.29, 0.717) is 12.6 Å². The first-order valence-corrected chi connectivity index (χ1v) is 8.24. The Balaban J connectivity index is 1.98. The van der Waals surface area contributed by atoms with Crippen molar-refractivity contribution in [2.24, 2.45) is 0 Å². The summed E-state index contributed by atoms with van der Waals surface area (Å²) in [5.74, 6) is 1.60. The molecule has 2 aromatic rings. The lowest BCUT2D eigenvalue weighted by Crippen LogP contribution is -2.17. The SMILES string of the molecule is CCNC(C)c1ccc(OCCc2ccsc2)c(OC)c1. The van der Waals surface area contributed by atoms with Crippen molar-refractivity contribution in [1.82, 2.24) is 5.32 Å². The number of methoxy groups -OCH3 is 1. The van der Waals surface area contributed by atoms with Crippen molar-refractivity contribution in [3.8, 4) is 11.5 Å². The van der Waals surface area contributed by atoms with Gasteiger partial charge in [-0.15, -0.1) is 0 Å². The molecule has 1 heterocycles. The van der Waals surface area contributed by atoms with Gasteiger partial charge in [-0.25, -0.2) is 0 Å². The number of rotatable bonds is 8. The van der Waals surface area contributed by atoms with Crippen LogP contribution in [-0.2, 0) is 6.42 Å². The molecular formula is C17H23NO2S. The van der Waals surface area contributed by atoms with E-state index in [4.69, 9.17) is 9.47 Å². The number of benzene rings is 1. The van der Waals surface area contributed by atoms with Crippen LogP contribution in [-0.4, -0.2) is 20.3 Å². The van der Waals surface area contributed by atoms with Gasteiger partial charge in [0.05, 0.1) is 13.7 Å². The lowest BCUT2D eigenvalue weighted by Gasteiger charge is -2.16. The highest BCUT2D eigenvalue weighted by atomic mass is 32.1. The molecule has 1 unspecified atom stereocenters. The lowest BCUT2D eigenvalue weighted by molar-refractivity contribution is 0.297. The molecule has 3 nitrogen and oxygen atoms in total. The first-order valence-electron chi connectivity index (χ1n) is 7.29. The molecule has 0 saturated carbocycles. The molecule has 0 fully saturated rings. The second-order valence-corrected chi connectivity index (χ2v) is 5.70.